The number of allylic oxidation sites excluding steroid dienone is 1. The first-order valence-corrected chi connectivity index (χ1v) is 8.55. The summed E-state index contributed by atoms with van der Waals surface area (Å²) in [6.45, 7) is 5.13. The average Bonchev–Trinajstić information content (AvgIpc) is 2.98. The summed E-state index contributed by atoms with van der Waals surface area (Å²) in [6.07, 6.45) is 1.44. The summed E-state index contributed by atoms with van der Waals surface area (Å²) in [7, 11) is 0. The summed E-state index contributed by atoms with van der Waals surface area (Å²) < 4.78 is 10.2. The third-order valence-electron chi connectivity index (χ3n) is 3.94. The molecule has 2 aromatic rings. The van der Waals surface area contributed by atoms with Gasteiger partial charge < -0.3 is 14.5 Å². The Bertz CT molecular complexity index is 1000. The Labute approximate surface area is 162 Å². The van der Waals surface area contributed by atoms with Crippen molar-refractivity contribution in [1.29, 1.82) is 10.5 Å². The molecule has 0 unspecified atom stereocenters. The number of aromatic amines is 1. The fourth-order valence-corrected chi connectivity index (χ4v) is 2.75. The number of nitriles is 2. The van der Waals surface area contributed by atoms with Crippen LogP contribution in [0.15, 0.2) is 29.8 Å². The van der Waals surface area contributed by atoms with E-state index in [1.54, 1.807) is 45.0 Å². The van der Waals surface area contributed by atoms with Crippen molar-refractivity contribution >= 4 is 17.8 Å². The monoisotopic (exact) mass is 377 g/mol. The summed E-state index contributed by atoms with van der Waals surface area (Å²) in [5.74, 6) is -0.661. The van der Waals surface area contributed by atoms with Gasteiger partial charge in [-0.1, -0.05) is 12.1 Å². The lowest BCUT2D eigenvalue weighted by molar-refractivity contribution is 0.0523. The molecule has 0 aliphatic heterocycles. The molecule has 0 amide bonds. The molecular weight excluding hydrogens is 358 g/mol. The molecule has 142 valence electrons. The van der Waals surface area contributed by atoms with Gasteiger partial charge in [0.1, 0.15) is 23.5 Å². The van der Waals surface area contributed by atoms with Crippen LogP contribution in [-0.4, -0.2) is 30.0 Å². The van der Waals surface area contributed by atoms with Crippen molar-refractivity contribution in [3.63, 3.8) is 0 Å². The lowest BCUT2D eigenvalue weighted by Crippen LogP contribution is -2.13. The van der Waals surface area contributed by atoms with E-state index in [1.165, 1.54) is 6.08 Å². The molecule has 28 heavy (non-hydrogen) atoms. The van der Waals surface area contributed by atoms with E-state index >= 15 is 0 Å². The lowest BCUT2D eigenvalue weighted by Gasteiger charge is -2.06. The van der Waals surface area contributed by atoms with Crippen LogP contribution in [0, 0.1) is 36.5 Å². The predicted octanol–water partition coefficient (Wildman–Crippen LogP) is 3.50. The molecule has 0 saturated carbocycles. The van der Waals surface area contributed by atoms with Crippen LogP contribution in [0.2, 0.25) is 0 Å². The number of aryl methyl sites for hydroxylation is 2. The van der Waals surface area contributed by atoms with E-state index in [2.05, 4.69) is 4.98 Å². The zero-order valence-corrected chi connectivity index (χ0v) is 15.8. The molecule has 0 aliphatic rings. The SMILES string of the molecule is CCOC(=O)c1c(C)[nH]c(C)c1C(=O)/C(C#N)=C/c1ccc(OCC#N)cc1. The molecule has 1 N–H and O–H groups in total. The predicted molar refractivity (Wildman–Crippen MR) is 102 cm³/mol. The maximum absolute atomic E-state index is 13.0. The second-order valence-electron chi connectivity index (χ2n) is 5.86. The third kappa shape index (κ3) is 4.46. The van der Waals surface area contributed by atoms with E-state index in [1.807, 2.05) is 12.1 Å². The number of nitrogens with one attached hydrogen (secondary N) is 1. The molecule has 0 fully saturated rings. The van der Waals surface area contributed by atoms with Gasteiger partial charge in [0.15, 0.2) is 6.61 Å². The largest absolute Gasteiger partial charge is 0.479 e. The van der Waals surface area contributed by atoms with E-state index in [-0.39, 0.29) is 29.9 Å². The van der Waals surface area contributed by atoms with Gasteiger partial charge in [0.25, 0.3) is 0 Å². The number of esters is 1. The number of hydrogen-bond donors (Lipinski definition) is 1. The number of hydrogen-bond acceptors (Lipinski definition) is 6. The summed E-state index contributed by atoms with van der Waals surface area (Å²) >= 11 is 0. The van der Waals surface area contributed by atoms with E-state index in [0.29, 0.717) is 22.7 Å². The molecule has 1 heterocycles. The van der Waals surface area contributed by atoms with Crippen molar-refractivity contribution in [3.05, 3.63) is 57.9 Å². The number of ketones is 1. The molecule has 0 atom stereocenters. The zero-order valence-electron chi connectivity index (χ0n) is 15.8. The fraction of sp³-hybridized carbons (Fsp3) is 0.238. The number of benzene rings is 1. The quantitative estimate of drug-likeness (QED) is 0.342. The smallest absolute Gasteiger partial charge is 0.340 e. The van der Waals surface area contributed by atoms with E-state index in [0.717, 1.165) is 0 Å². The van der Waals surface area contributed by atoms with Crippen molar-refractivity contribution in [2.24, 2.45) is 0 Å². The molecule has 2 rings (SSSR count). The molecule has 0 radical (unpaired) electrons. The van der Waals surface area contributed by atoms with Gasteiger partial charge >= 0.3 is 5.97 Å². The van der Waals surface area contributed by atoms with Crippen LogP contribution in [0.4, 0.5) is 0 Å². The van der Waals surface area contributed by atoms with Crippen LogP contribution in [0.1, 0.15) is 44.6 Å². The molecule has 0 saturated heterocycles. The Morgan fingerprint density at radius 2 is 1.75 bits per heavy atom. The van der Waals surface area contributed by atoms with Gasteiger partial charge in [0.2, 0.25) is 5.78 Å². The summed E-state index contributed by atoms with van der Waals surface area (Å²) in [5.41, 5.74) is 1.78. The Morgan fingerprint density at radius 1 is 1.11 bits per heavy atom. The molecule has 1 aromatic heterocycles. The van der Waals surface area contributed by atoms with Crippen molar-refractivity contribution in [2.75, 3.05) is 13.2 Å². The summed E-state index contributed by atoms with van der Waals surface area (Å²) in [5, 5.41) is 18.0. The van der Waals surface area contributed by atoms with Crippen LogP contribution in [0.5, 0.6) is 5.75 Å². The van der Waals surface area contributed by atoms with Crippen molar-refractivity contribution in [3.8, 4) is 17.9 Å². The van der Waals surface area contributed by atoms with Crippen molar-refractivity contribution in [2.45, 2.75) is 20.8 Å². The summed E-state index contributed by atoms with van der Waals surface area (Å²) in [6, 6.07) is 10.4. The first kappa shape index (κ1) is 20.5. The first-order valence-electron chi connectivity index (χ1n) is 8.55. The van der Waals surface area contributed by atoms with Gasteiger partial charge in [-0.25, -0.2) is 4.79 Å². The molecule has 1 aromatic carbocycles. The number of carbonyl (C=O) groups is 2. The zero-order chi connectivity index (χ0) is 20.7. The molecule has 0 bridgehead atoms. The Balaban J connectivity index is 2.39. The first-order chi connectivity index (χ1) is 13.4. The Hall–Kier alpha value is -3.84. The molecule has 7 heteroatoms. The highest BCUT2D eigenvalue weighted by Crippen LogP contribution is 2.24. The molecule has 0 spiro atoms. The minimum atomic E-state index is -0.607. The number of H-pyrrole nitrogens is 1. The Kier molecular flexibility index (Phi) is 6.73. The lowest BCUT2D eigenvalue weighted by atomic mass is 9.98. The minimum absolute atomic E-state index is 0.0696. The maximum Gasteiger partial charge on any atom is 0.340 e. The molecular formula is C21H19N3O4. The number of ether oxygens (including phenoxy) is 2. The molecule has 0 aliphatic carbocycles. The summed E-state index contributed by atoms with van der Waals surface area (Å²) in [4.78, 5) is 28.2. The van der Waals surface area contributed by atoms with Crippen LogP contribution in [0.3, 0.4) is 0 Å². The van der Waals surface area contributed by atoms with Crippen molar-refractivity contribution < 1.29 is 19.1 Å². The number of rotatable bonds is 7. The highest BCUT2D eigenvalue weighted by molar-refractivity contribution is 6.19. The second kappa shape index (κ2) is 9.20. The van der Waals surface area contributed by atoms with Crippen molar-refractivity contribution in [1.82, 2.24) is 4.98 Å². The van der Waals surface area contributed by atoms with Gasteiger partial charge in [-0.05, 0) is 44.5 Å². The Morgan fingerprint density at radius 3 is 2.32 bits per heavy atom. The minimum Gasteiger partial charge on any atom is -0.479 e. The van der Waals surface area contributed by atoms with Gasteiger partial charge in [-0.3, -0.25) is 4.79 Å². The van der Waals surface area contributed by atoms with Crippen LogP contribution < -0.4 is 4.74 Å². The normalized spacial score (nSPS) is 10.7. The van der Waals surface area contributed by atoms with Gasteiger partial charge in [0, 0.05) is 11.4 Å². The average molecular weight is 377 g/mol. The standard InChI is InChI=1S/C21H19N3O4/c1-4-27-21(26)19-14(3)24-13(2)18(19)20(25)16(12-23)11-15-5-7-17(8-6-15)28-10-9-22/h5-8,11,24H,4,10H2,1-3H3/b16-11+. The number of aromatic nitrogens is 1. The highest BCUT2D eigenvalue weighted by Gasteiger charge is 2.27. The van der Waals surface area contributed by atoms with Gasteiger partial charge in [-0.15, -0.1) is 0 Å². The van der Waals surface area contributed by atoms with Crippen LogP contribution >= 0.6 is 0 Å². The van der Waals surface area contributed by atoms with Gasteiger partial charge in [0.05, 0.1) is 17.7 Å². The number of Topliss-reactive ketones (excluding diaryl/α,β-unsaturated/α-hetero) is 1. The maximum atomic E-state index is 13.0. The van der Waals surface area contributed by atoms with Crippen LogP contribution in [-0.2, 0) is 4.74 Å². The number of nitrogens with zero attached hydrogens (tertiary/aromatic N) is 2. The van der Waals surface area contributed by atoms with E-state index < -0.39 is 11.8 Å². The topological polar surface area (TPSA) is 116 Å². The fourth-order valence-electron chi connectivity index (χ4n) is 2.75. The van der Waals surface area contributed by atoms with E-state index in [9.17, 15) is 14.9 Å². The third-order valence-corrected chi connectivity index (χ3v) is 3.94. The molecule has 7 nitrogen and oxygen atoms in total. The number of carbonyl (C=O) groups excluding carboxylic acids is 2. The second-order valence-corrected chi connectivity index (χ2v) is 5.86. The van der Waals surface area contributed by atoms with E-state index in [4.69, 9.17) is 14.7 Å². The van der Waals surface area contributed by atoms with Crippen LogP contribution in [0.25, 0.3) is 6.08 Å². The highest BCUT2D eigenvalue weighted by atomic mass is 16.5. The van der Waals surface area contributed by atoms with Gasteiger partial charge in [-0.2, -0.15) is 10.5 Å².